The van der Waals surface area contributed by atoms with E-state index in [4.69, 9.17) is 0 Å². The minimum absolute atomic E-state index is 0.356. The van der Waals surface area contributed by atoms with Crippen LogP contribution in [-0.4, -0.2) is 9.55 Å². The van der Waals surface area contributed by atoms with Gasteiger partial charge in [0.25, 0.3) is 0 Å². The summed E-state index contributed by atoms with van der Waals surface area (Å²) in [6.07, 6.45) is 5.79. The van der Waals surface area contributed by atoms with Gasteiger partial charge in [-0.3, -0.25) is 0 Å². The van der Waals surface area contributed by atoms with Crippen LogP contribution in [0.1, 0.15) is 16.4 Å². The van der Waals surface area contributed by atoms with Gasteiger partial charge in [0.1, 0.15) is 0 Å². The average molecular weight is 423 g/mol. The molecule has 1 heterocycles. The molecule has 4 heteroatoms. The van der Waals surface area contributed by atoms with Gasteiger partial charge in [0.2, 0.25) is 0 Å². The number of thioether (sulfide) groups is 1. The number of nitrogens with zero attached hydrogens (tertiary/aromatic N) is 2. The summed E-state index contributed by atoms with van der Waals surface area (Å²) in [4.78, 5) is 4.21. The number of aromatic nitrogens is 2. The molecule has 26 heavy (non-hydrogen) atoms. The van der Waals surface area contributed by atoms with Gasteiger partial charge in [-0.05, 0) is 34.0 Å². The Morgan fingerprint density at radius 2 is 1.85 bits per heavy atom. The van der Waals surface area contributed by atoms with Crippen molar-refractivity contribution in [1.29, 1.82) is 0 Å². The van der Waals surface area contributed by atoms with Gasteiger partial charge in [0.15, 0.2) is 0 Å². The molecular weight excluding hydrogens is 404 g/mol. The number of halogens is 1. The molecule has 1 unspecified atom stereocenters. The summed E-state index contributed by atoms with van der Waals surface area (Å²) in [5, 5.41) is 2.99. The number of benzene rings is 3. The first kappa shape index (κ1) is 17.4. The van der Waals surface area contributed by atoms with Crippen LogP contribution in [0, 0.1) is 0 Å². The molecular formula is C22H19BrN2S. The van der Waals surface area contributed by atoms with Gasteiger partial charge in [-0.1, -0.05) is 70.5 Å². The molecule has 0 aliphatic rings. The maximum atomic E-state index is 4.21. The van der Waals surface area contributed by atoms with Crippen LogP contribution >= 0.6 is 27.7 Å². The fraction of sp³-hybridized carbons (Fsp3) is 0.136. The molecule has 0 saturated heterocycles. The monoisotopic (exact) mass is 422 g/mol. The molecule has 0 saturated carbocycles. The first-order chi connectivity index (χ1) is 12.8. The Hall–Kier alpha value is -2.04. The smallest absolute Gasteiger partial charge is 0.0946 e. The van der Waals surface area contributed by atoms with Crippen molar-refractivity contribution in [2.75, 3.05) is 0 Å². The summed E-state index contributed by atoms with van der Waals surface area (Å²) < 4.78 is 3.30. The summed E-state index contributed by atoms with van der Waals surface area (Å²) in [6, 6.07) is 23.8. The third-order valence-electron chi connectivity index (χ3n) is 4.45. The molecule has 0 fully saturated rings. The second-order valence-corrected chi connectivity index (χ2v) is 8.36. The van der Waals surface area contributed by atoms with E-state index in [-0.39, 0.29) is 0 Å². The van der Waals surface area contributed by atoms with Crippen LogP contribution in [0.3, 0.4) is 0 Å². The molecule has 4 aromatic rings. The SMILES string of the molecule is Brc1cccc(CSC(Cn2ccnc2)c2cccc3ccccc23)c1. The molecule has 4 rings (SSSR count). The highest BCUT2D eigenvalue weighted by Crippen LogP contribution is 2.37. The van der Waals surface area contributed by atoms with Crippen molar-refractivity contribution in [3.05, 3.63) is 101 Å². The minimum atomic E-state index is 0.356. The maximum absolute atomic E-state index is 4.21. The highest BCUT2D eigenvalue weighted by Gasteiger charge is 2.16. The zero-order valence-corrected chi connectivity index (χ0v) is 16.7. The van der Waals surface area contributed by atoms with Gasteiger partial charge in [0, 0.05) is 34.4 Å². The van der Waals surface area contributed by atoms with E-state index >= 15 is 0 Å². The second-order valence-electron chi connectivity index (χ2n) is 6.26. The van der Waals surface area contributed by atoms with Crippen molar-refractivity contribution >= 4 is 38.5 Å². The molecule has 2 nitrogen and oxygen atoms in total. The summed E-state index contributed by atoms with van der Waals surface area (Å²) in [5.41, 5.74) is 2.72. The standard InChI is InChI=1S/C22H19BrN2S/c23-19-8-3-5-17(13-19)15-26-22(14-25-12-11-24-16-25)21-10-4-7-18-6-1-2-9-20(18)21/h1-13,16,22H,14-15H2. The third kappa shape index (κ3) is 4.02. The molecule has 3 aromatic carbocycles. The van der Waals surface area contributed by atoms with E-state index in [9.17, 15) is 0 Å². The molecule has 0 radical (unpaired) electrons. The van der Waals surface area contributed by atoms with Crippen LogP contribution in [-0.2, 0) is 12.3 Å². The number of imidazole rings is 1. The number of hydrogen-bond acceptors (Lipinski definition) is 2. The molecule has 0 spiro atoms. The van der Waals surface area contributed by atoms with E-state index in [1.807, 2.05) is 30.5 Å². The molecule has 0 aliphatic carbocycles. The van der Waals surface area contributed by atoms with Crippen LogP contribution in [0.15, 0.2) is 89.9 Å². The lowest BCUT2D eigenvalue weighted by Gasteiger charge is -2.20. The Bertz CT molecular complexity index is 993. The molecule has 0 N–H and O–H groups in total. The first-order valence-corrected chi connectivity index (χ1v) is 10.4. The first-order valence-electron chi connectivity index (χ1n) is 8.59. The minimum Gasteiger partial charge on any atom is -0.336 e. The van der Waals surface area contributed by atoms with Crippen molar-refractivity contribution in [2.24, 2.45) is 0 Å². The predicted octanol–water partition coefficient (Wildman–Crippen LogP) is 6.47. The van der Waals surface area contributed by atoms with E-state index < -0.39 is 0 Å². The lowest BCUT2D eigenvalue weighted by atomic mass is 10.0. The van der Waals surface area contributed by atoms with Gasteiger partial charge in [0.05, 0.1) is 6.33 Å². The molecule has 1 aromatic heterocycles. The topological polar surface area (TPSA) is 17.8 Å². The zero-order valence-electron chi connectivity index (χ0n) is 14.3. The van der Waals surface area contributed by atoms with E-state index in [2.05, 4.69) is 92.2 Å². The van der Waals surface area contributed by atoms with Crippen molar-refractivity contribution in [2.45, 2.75) is 17.5 Å². The molecule has 130 valence electrons. The van der Waals surface area contributed by atoms with Crippen LogP contribution in [0.2, 0.25) is 0 Å². The summed E-state index contributed by atoms with van der Waals surface area (Å²) >= 11 is 5.55. The van der Waals surface area contributed by atoms with E-state index in [1.54, 1.807) is 0 Å². The summed E-state index contributed by atoms with van der Waals surface area (Å²) in [5.74, 6) is 0.974. The maximum Gasteiger partial charge on any atom is 0.0946 e. The summed E-state index contributed by atoms with van der Waals surface area (Å²) in [7, 11) is 0. The largest absolute Gasteiger partial charge is 0.336 e. The molecule has 0 amide bonds. The van der Waals surface area contributed by atoms with E-state index in [1.165, 1.54) is 21.9 Å². The van der Waals surface area contributed by atoms with Gasteiger partial charge < -0.3 is 4.57 Å². The number of fused-ring (bicyclic) bond motifs is 1. The van der Waals surface area contributed by atoms with E-state index in [0.717, 1.165) is 16.8 Å². The van der Waals surface area contributed by atoms with Crippen LogP contribution in [0.25, 0.3) is 10.8 Å². The molecule has 1 atom stereocenters. The zero-order chi connectivity index (χ0) is 17.8. The van der Waals surface area contributed by atoms with Gasteiger partial charge in [-0.25, -0.2) is 4.98 Å². The van der Waals surface area contributed by atoms with Gasteiger partial charge in [-0.15, -0.1) is 11.8 Å². The Morgan fingerprint density at radius 3 is 2.69 bits per heavy atom. The predicted molar refractivity (Wildman–Crippen MR) is 114 cm³/mol. The average Bonchev–Trinajstić information content (AvgIpc) is 3.18. The Balaban J connectivity index is 1.66. The number of rotatable bonds is 6. The summed E-state index contributed by atoms with van der Waals surface area (Å²) in [6.45, 7) is 0.909. The number of hydrogen-bond donors (Lipinski definition) is 0. The second kappa shape index (κ2) is 8.11. The van der Waals surface area contributed by atoms with Crippen LogP contribution in [0.5, 0.6) is 0 Å². The Kier molecular flexibility index (Phi) is 5.42. The van der Waals surface area contributed by atoms with Gasteiger partial charge in [-0.2, -0.15) is 0 Å². The van der Waals surface area contributed by atoms with Crippen molar-refractivity contribution in [3.63, 3.8) is 0 Å². The lowest BCUT2D eigenvalue weighted by molar-refractivity contribution is 0.686. The molecule has 0 bridgehead atoms. The van der Waals surface area contributed by atoms with Crippen LogP contribution in [0.4, 0.5) is 0 Å². The van der Waals surface area contributed by atoms with Crippen molar-refractivity contribution < 1.29 is 0 Å². The fourth-order valence-electron chi connectivity index (χ4n) is 3.18. The highest BCUT2D eigenvalue weighted by atomic mass is 79.9. The highest BCUT2D eigenvalue weighted by molar-refractivity contribution is 9.10. The Labute approximate surface area is 166 Å². The van der Waals surface area contributed by atoms with Gasteiger partial charge >= 0.3 is 0 Å². The van der Waals surface area contributed by atoms with Crippen molar-refractivity contribution in [1.82, 2.24) is 9.55 Å². The third-order valence-corrected chi connectivity index (χ3v) is 6.24. The quantitative estimate of drug-likeness (QED) is 0.354. The van der Waals surface area contributed by atoms with Crippen LogP contribution < -0.4 is 0 Å². The van der Waals surface area contributed by atoms with Crippen molar-refractivity contribution in [3.8, 4) is 0 Å². The molecule has 0 aliphatic heterocycles. The van der Waals surface area contributed by atoms with E-state index in [0.29, 0.717) is 5.25 Å². The lowest BCUT2D eigenvalue weighted by Crippen LogP contribution is -2.06. The normalized spacial score (nSPS) is 12.3. The fourth-order valence-corrected chi connectivity index (χ4v) is 4.86. The Morgan fingerprint density at radius 1 is 1.00 bits per heavy atom.